The molecule has 31 heavy (non-hydrogen) atoms. The predicted molar refractivity (Wildman–Crippen MR) is 119 cm³/mol. The monoisotopic (exact) mass is 441 g/mol. The van der Waals surface area contributed by atoms with Crippen LogP contribution in [0, 0.1) is 10.1 Å². The molecule has 1 unspecified atom stereocenters. The van der Waals surface area contributed by atoms with Crippen LogP contribution in [0.4, 0.5) is 5.69 Å². The number of hydrogen-bond acceptors (Lipinski definition) is 5. The van der Waals surface area contributed by atoms with E-state index in [4.69, 9.17) is 16.3 Å². The Kier molecular flexibility index (Phi) is 6.15. The van der Waals surface area contributed by atoms with Crippen molar-refractivity contribution >= 4 is 17.3 Å². The average Bonchev–Trinajstić information content (AvgIpc) is 3.13. The molecule has 0 aliphatic carbocycles. The lowest BCUT2D eigenvalue weighted by molar-refractivity contribution is -0.384. The molecule has 162 valence electrons. The zero-order valence-corrected chi connectivity index (χ0v) is 18.0. The lowest BCUT2D eigenvalue weighted by atomic mass is 10.00. The zero-order valence-electron chi connectivity index (χ0n) is 17.2. The number of benzene rings is 2. The molecule has 1 aromatic heterocycles. The fraction of sp³-hybridized carbons (Fsp3) is 0.304. The first-order chi connectivity index (χ1) is 15.0. The molecular weight excluding hydrogens is 418 g/mol. The predicted octanol–water partition coefficient (Wildman–Crippen LogP) is 5.15. The number of nitro benzene ring substituents is 1. The number of ether oxygens (including phenoxy) is 1. The van der Waals surface area contributed by atoms with Gasteiger partial charge in [0.2, 0.25) is 0 Å². The third kappa shape index (κ3) is 4.38. The Morgan fingerprint density at radius 3 is 2.84 bits per heavy atom. The second-order valence-electron chi connectivity index (χ2n) is 7.55. The number of phenolic OH excluding ortho intramolecular Hbond substituents is 1. The molecule has 1 atom stereocenters. The van der Waals surface area contributed by atoms with Gasteiger partial charge in [0.25, 0.3) is 5.69 Å². The third-order valence-electron chi connectivity index (χ3n) is 5.55. The quantitative estimate of drug-likeness (QED) is 0.422. The standard InChI is InChI=1S/C23H24ClN3O4/c1-2-31-22-13-16(6-9-21(22)28)15-26-12-4-11-25-10-3-5-20(25)23(26)18-14-17(27(29)30)7-8-19(18)24/h3,5-10,13-14,23,28H,2,4,11-12,15H2,1H3. The van der Waals surface area contributed by atoms with E-state index in [1.54, 1.807) is 18.2 Å². The van der Waals surface area contributed by atoms with Crippen molar-refractivity contribution in [3.8, 4) is 11.5 Å². The number of nitro groups is 1. The smallest absolute Gasteiger partial charge is 0.269 e. The topological polar surface area (TPSA) is 80.8 Å². The van der Waals surface area contributed by atoms with Gasteiger partial charge in [0.1, 0.15) is 0 Å². The summed E-state index contributed by atoms with van der Waals surface area (Å²) in [6, 6.07) is 13.7. The molecule has 0 spiro atoms. The summed E-state index contributed by atoms with van der Waals surface area (Å²) in [5, 5.41) is 22.0. The molecule has 1 aliphatic rings. The van der Waals surface area contributed by atoms with Gasteiger partial charge in [-0.05, 0) is 49.2 Å². The Balaban J connectivity index is 1.77. The van der Waals surface area contributed by atoms with Crippen molar-refractivity contribution < 1.29 is 14.8 Å². The van der Waals surface area contributed by atoms with Crippen LogP contribution >= 0.6 is 11.6 Å². The van der Waals surface area contributed by atoms with Crippen LogP contribution in [0.3, 0.4) is 0 Å². The molecule has 1 aliphatic heterocycles. The summed E-state index contributed by atoms with van der Waals surface area (Å²) in [5.41, 5.74) is 2.75. The highest BCUT2D eigenvalue weighted by molar-refractivity contribution is 6.31. The minimum absolute atomic E-state index is 0.0185. The minimum Gasteiger partial charge on any atom is -0.504 e. The summed E-state index contributed by atoms with van der Waals surface area (Å²) in [5.74, 6) is 0.553. The van der Waals surface area contributed by atoms with Gasteiger partial charge < -0.3 is 14.4 Å². The van der Waals surface area contributed by atoms with Crippen molar-refractivity contribution in [3.05, 3.63) is 86.7 Å². The van der Waals surface area contributed by atoms with Gasteiger partial charge in [-0.1, -0.05) is 17.7 Å². The molecule has 0 saturated heterocycles. The van der Waals surface area contributed by atoms with Crippen molar-refractivity contribution in [2.75, 3.05) is 13.2 Å². The molecule has 0 fully saturated rings. The van der Waals surface area contributed by atoms with E-state index < -0.39 is 4.92 Å². The van der Waals surface area contributed by atoms with Crippen molar-refractivity contribution in [1.29, 1.82) is 0 Å². The van der Waals surface area contributed by atoms with Crippen LogP contribution in [-0.4, -0.2) is 32.6 Å². The number of non-ortho nitro benzene ring substituents is 1. The molecule has 1 N–H and O–H groups in total. The van der Waals surface area contributed by atoms with Gasteiger partial charge in [-0.15, -0.1) is 0 Å². The Morgan fingerprint density at radius 1 is 1.23 bits per heavy atom. The van der Waals surface area contributed by atoms with Gasteiger partial charge in [-0.25, -0.2) is 0 Å². The maximum Gasteiger partial charge on any atom is 0.269 e. The molecule has 2 aromatic carbocycles. The van der Waals surface area contributed by atoms with Gasteiger partial charge in [0.15, 0.2) is 11.5 Å². The highest BCUT2D eigenvalue weighted by Gasteiger charge is 2.30. The maximum absolute atomic E-state index is 11.4. The van der Waals surface area contributed by atoms with Crippen LogP contribution in [-0.2, 0) is 13.1 Å². The highest BCUT2D eigenvalue weighted by Crippen LogP contribution is 2.38. The Hall–Kier alpha value is -3.03. The first kappa shape index (κ1) is 21.2. The Bertz CT molecular complexity index is 1100. The number of aromatic nitrogens is 1. The normalized spacial score (nSPS) is 16.5. The van der Waals surface area contributed by atoms with Crippen LogP contribution in [0.15, 0.2) is 54.7 Å². The minimum atomic E-state index is -0.395. The molecule has 8 heteroatoms. The van der Waals surface area contributed by atoms with E-state index in [0.717, 1.165) is 30.8 Å². The first-order valence-corrected chi connectivity index (χ1v) is 10.6. The van der Waals surface area contributed by atoms with Gasteiger partial charge in [-0.3, -0.25) is 15.0 Å². The molecule has 0 saturated carbocycles. The zero-order chi connectivity index (χ0) is 22.0. The van der Waals surface area contributed by atoms with Gasteiger partial charge in [0.05, 0.1) is 17.6 Å². The Morgan fingerprint density at radius 2 is 2.06 bits per heavy atom. The van der Waals surface area contributed by atoms with Gasteiger partial charge in [0, 0.05) is 54.2 Å². The largest absolute Gasteiger partial charge is 0.504 e. The van der Waals surface area contributed by atoms with Crippen molar-refractivity contribution in [2.45, 2.75) is 32.5 Å². The number of phenols is 1. The summed E-state index contributed by atoms with van der Waals surface area (Å²) >= 11 is 6.56. The van der Waals surface area contributed by atoms with Crippen LogP contribution in [0.5, 0.6) is 11.5 Å². The third-order valence-corrected chi connectivity index (χ3v) is 5.89. The number of rotatable bonds is 6. The molecule has 2 heterocycles. The fourth-order valence-electron chi connectivity index (χ4n) is 4.18. The van der Waals surface area contributed by atoms with Gasteiger partial charge >= 0.3 is 0 Å². The first-order valence-electron chi connectivity index (χ1n) is 10.3. The molecule has 0 bridgehead atoms. The summed E-state index contributed by atoms with van der Waals surface area (Å²) in [6.07, 6.45) is 2.96. The molecular formula is C23H24ClN3O4. The number of hydrogen-bond donors (Lipinski definition) is 1. The van der Waals surface area contributed by atoms with Crippen LogP contribution in [0.1, 0.15) is 36.2 Å². The number of fused-ring (bicyclic) bond motifs is 1. The summed E-state index contributed by atoms with van der Waals surface area (Å²) in [6.45, 7) is 4.56. The van der Waals surface area contributed by atoms with Crippen LogP contribution in [0.25, 0.3) is 0 Å². The van der Waals surface area contributed by atoms with E-state index >= 15 is 0 Å². The number of aromatic hydroxyl groups is 1. The molecule has 3 aromatic rings. The fourth-order valence-corrected chi connectivity index (χ4v) is 4.40. The molecule has 4 rings (SSSR count). The summed E-state index contributed by atoms with van der Waals surface area (Å²) in [4.78, 5) is 13.3. The molecule has 7 nitrogen and oxygen atoms in total. The van der Waals surface area contributed by atoms with E-state index in [1.807, 2.05) is 37.4 Å². The van der Waals surface area contributed by atoms with Crippen LogP contribution < -0.4 is 4.74 Å². The lowest BCUT2D eigenvalue weighted by Gasteiger charge is -2.31. The van der Waals surface area contributed by atoms with E-state index in [-0.39, 0.29) is 17.5 Å². The van der Waals surface area contributed by atoms with Crippen molar-refractivity contribution in [1.82, 2.24) is 9.47 Å². The average molecular weight is 442 g/mol. The Labute approximate surface area is 185 Å². The summed E-state index contributed by atoms with van der Waals surface area (Å²) < 4.78 is 7.72. The number of halogens is 1. The van der Waals surface area contributed by atoms with Crippen molar-refractivity contribution in [2.24, 2.45) is 0 Å². The highest BCUT2D eigenvalue weighted by atomic mass is 35.5. The molecule has 0 amide bonds. The van der Waals surface area contributed by atoms with E-state index in [2.05, 4.69) is 9.47 Å². The SMILES string of the molecule is CCOc1cc(CN2CCCn3cccc3C2c2cc([N+](=O)[O-])ccc2Cl)ccc1O. The van der Waals surface area contributed by atoms with E-state index in [1.165, 1.54) is 6.07 Å². The van der Waals surface area contributed by atoms with E-state index in [0.29, 0.717) is 29.5 Å². The molecule has 0 radical (unpaired) electrons. The number of aryl methyl sites for hydroxylation is 1. The number of nitrogens with zero attached hydrogens (tertiary/aromatic N) is 3. The lowest BCUT2D eigenvalue weighted by Crippen LogP contribution is -2.29. The van der Waals surface area contributed by atoms with Crippen molar-refractivity contribution in [3.63, 3.8) is 0 Å². The second-order valence-corrected chi connectivity index (χ2v) is 7.96. The van der Waals surface area contributed by atoms with E-state index in [9.17, 15) is 15.2 Å². The van der Waals surface area contributed by atoms with Crippen LogP contribution in [0.2, 0.25) is 5.02 Å². The second kappa shape index (κ2) is 8.99. The summed E-state index contributed by atoms with van der Waals surface area (Å²) in [7, 11) is 0. The maximum atomic E-state index is 11.4. The van der Waals surface area contributed by atoms with Gasteiger partial charge in [-0.2, -0.15) is 0 Å².